The Morgan fingerprint density at radius 2 is 2.38 bits per heavy atom. The van der Waals surface area contributed by atoms with Crippen molar-refractivity contribution >= 4 is 17.7 Å². The molecule has 0 saturated carbocycles. The van der Waals surface area contributed by atoms with Gasteiger partial charge in [-0.05, 0) is 14.0 Å². The van der Waals surface area contributed by atoms with Gasteiger partial charge < -0.3 is 10.2 Å². The molecule has 4 heteroatoms. The van der Waals surface area contributed by atoms with Crippen molar-refractivity contribution in [1.29, 1.82) is 0 Å². The lowest BCUT2D eigenvalue weighted by molar-refractivity contribution is -0.130. The predicted octanol–water partition coefficient (Wildman–Crippen LogP) is 0.560. The zero-order valence-corrected chi connectivity index (χ0v) is 9.19. The minimum absolute atomic E-state index is 0.312. The summed E-state index contributed by atoms with van der Waals surface area (Å²) in [5, 5.41) is 3.15. The average Bonchev–Trinajstić information content (AvgIpc) is 2.32. The number of rotatable bonds is 3. The van der Waals surface area contributed by atoms with Gasteiger partial charge >= 0.3 is 0 Å². The summed E-state index contributed by atoms with van der Waals surface area (Å²) >= 11 is 1.88. The lowest BCUT2D eigenvalue weighted by Gasteiger charge is -2.23. The van der Waals surface area contributed by atoms with E-state index in [0.717, 1.165) is 24.6 Å². The maximum Gasteiger partial charge on any atom is 0.223 e. The fourth-order valence-corrected chi connectivity index (χ4v) is 2.21. The van der Waals surface area contributed by atoms with Gasteiger partial charge in [0.15, 0.2) is 0 Å². The Morgan fingerprint density at radius 3 is 3.08 bits per heavy atom. The lowest BCUT2D eigenvalue weighted by atomic mass is 10.3. The SMILES string of the molecule is CNC(C)CN1CCSCCC1=O. The number of thioether (sulfide) groups is 1. The molecule has 0 aliphatic carbocycles. The summed E-state index contributed by atoms with van der Waals surface area (Å²) < 4.78 is 0. The Hall–Kier alpha value is -0.220. The molecular formula is C9H18N2OS. The van der Waals surface area contributed by atoms with Gasteiger partial charge in [0.2, 0.25) is 5.91 Å². The molecule has 1 N–H and O–H groups in total. The third-order valence-corrected chi connectivity index (χ3v) is 3.27. The predicted molar refractivity (Wildman–Crippen MR) is 57.0 cm³/mol. The summed E-state index contributed by atoms with van der Waals surface area (Å²) in [6.07, 6.45) is 0.709. The standard InChI is InChI=1S/C9H18N2OS/c1-8(10-2)7-11-4-6-13-5-3-9(11)12/h8,10H,3-7H2,1-2H3. The van der Waals surface area contributed by atoms with Crippen LogP contribution in [0.2, 0.25) is 0 Å². The highest BCUT2D eigenvalue weighted by Gasteiger charge is 2.17. The normalized spacial score (nSPS) is 21.4. The smallest absolute Gasteiger partial charge is 0.223 e. The van der Waals surface area contributed by atoms with Gasteiger partial charge in [-0.25, -0.2) is 0 Å². The van der Waals surface area contributed by atoms with Gasteiger partial charge in [-0.2, -0.15) is 11.8 Å². The van der Waals surface area contributed by atoms with E-state index < -0.39 is 0 Å². The molecular weight excluding hydrogens is 184 g/mol. The van der Waals surface area contributed by atoms with Crippen molar-refractivity contribution in [3.63, 3.8) is 0 Å². The quantitative estimate of drug-likeness (QED) is 0.726. The van der Waals surface area contributed by atoms with E-state index in [1.165, 1.54) is 0 Å². The average molecular weight is 202 g/mol. The third kappa shape index (κ3) is 3.56. The topological polar surface area (TPSA) is 32.3 Å². The number of carbonyl (C=O) groups is 1. The van der Waals surface area contributed by atoms with Crippen LogP contribution in [-0.2, 0) is 4.79 Å². The third-order valence-electron chi connectivity index (χ3n) is 2.31. The largest absolute Gasteiger partial charge is 0.340 e. The van der Waals surface area contributed by atoms with E-state index in [-0.39, 0.29) is 0 Å². The van der Waals surface area contributed by atoms with Crippen molar-refractivity contribution in [2.24, 2.45) is 0 Å². The van der Waals surface area contributed by atoms with Crippen LogP contribution in [0.4, 0.5) is 0 Å². The van der Waals surface area contributed by atoms with Gasteiger partial charge in [-0.3, -0.25) is 4.79 Å². The minimum atomic E-state index is 0.312. The molecule has 1 rings (SSSR count). The van der Waals surface area contributed by atoms with Crippen LogP contribution < -0.4 is 5.32 Å². The molecule has 1 atom stereocenters. The Labute approximate surface area is 84.2 Å². The van der Waals surface area contributed by atoms with Gasteiger partial charge in [0.05, 0.1) is 0 Å². The Bertz CT molecular complexity index is 175. The van der Waals surface area contributed by atoms with E-state index in [9.17, 15) is 4.79 Å². The zero-order valence-electron chi connectivity index (χ0n) is 8.38. The monoisotopic (exact) mass is 202 g/mol. The molecule has 0 spiro atoms. The number of nitrogens with zero attached hydrogens (tertiary/aromatic N) is 1. The molecule has 0 aromatic rings. The molecule has 76 valence electrons. The number of amides is 1. The van der Waals surface area contributed by atoms with Crippen molar-refractivity contribution in [3.05, 3.63) is 0 Å². The molecule has 1 aliphatic rings. The maximum atomic E-state index is 11.6. The van der Waals surface area contributed by atoms with E-state index in [1.807, 2.05) is 23.7 Å². The Kier molecular flexibility index (Phi) is 4.59. The van der Waals surface area contributed by atoms with Crippen molar-refractivity contribution in [1.82, 2.24) is 10.2 Å². The molecule has 13 heavy (non-hydrogen) atoms. The van der Waals surface area contributed by atoms with Gasteiger partial charge in [-0.15, -0.1) is 0 Å². The summed E-state index contributed by atoms with van der Waals surface area (Å²) in [6.45, 7) is 3.86. The van der Waals surface area contributed by atoms with Crippen molar-refractivity contribution in [2.45, 2.75) is 19.4 Å². The van der Waals surface area contributed by atoms with Crippen molar-refractivity contribution < 1.29 is 4.79 Å². The molecule has 1 fully saturated rings. The van der Waals surface area contributed by atoms with Crippen LogP contribution in [-0.4, -0.2) is 48.5 Å². The molecule has 0 aromatic heterocycles. The fourth-order valence-electron chi connectivity index (χ4n) is 1.33. The minimum Gasteiger partial charge on any atom is -0.340 e. The number of nitrogens with one attached hydrogen (secondary N) is 1. The van der Waals surface area contributed by atoms with E-state index in [0.29, 0.717) is 18.4 Å². The second-order valence-electron chi connectivity index (χ2n) is 3.39. The molecule has 1 amide bonds. The molecule has 3 nitrogen and oxygen atoms in total. The highest BCUT2D eigenvalue weighted by Crippen LogP contribution is 2.11. The highest BCUT2D eigenvalue weighted by molar-refractivity contribution is 7.99. The summed E-state index contributed by atoms with van der Waals surface area (Å²) in [5.74, 6) is 2.39. The van der Waals surface area contributed by atoms with Gasteiger partial charge in [0.25, 0.3) is 0 Å². The molecule has 0 bridgehead atoms. The first-order valence-corrected chi connectivity index (χ1v) is 5.92. The van der Waals surface area contributed by atoms with Crippen LogP contribution in [0.15, 0.2) is 0 Å². The first kappa shape index (κ1) is 10.9. The van der Waals surface area contributed by atoms with Crippen molar-refractivity contribution in [2.75, 3.05) is 31.6 Å². The Balaban J connectivity index is 2.40. The summed E-state index contributed by atoms with van der Waals surface area (Å²) in [5.41, 5.74) is 0. The van der Waals surface area contributed by atoms with Gasteiger partial charge in [-0.1, -0.05) is 0 Å². The summed E-state index contributed by atoms with van der Waals surface area (Å²) in [7, 11) is 1.93. The summed E-state index contributed by atoms with van der Waals surface area (Å²) in [6, 6.07) is 0.395. The second-order valence-corrected chi connectivity index (χ2v) is 4.62. The van der Waals surface area contributed by atoms with Crippen LogP contribution in [0.3, 0.4) is 0 Å². The first-order chi connectivity index (χ1) is 6.24. The molecule has 1 aliphatic heterocycles. The van der Waals surface area contributed by atoms with Crippen LogP contribution in [0.5, 0.6) is 0 Å². The van der Waals surface area contributed by atoms with Crippen LogP contribution in [0, 0.1) is 0 Å². The highest BCUT2D eigenvalue weighted by atomic mass is 32.2. The fraction of sp³-hybridized carbons (Fsp3) is 0.889. The molecule has 0 radical (unpaired) electrons. The van der Waals surface area contributed by atoms with Crippen LogP contribution >= 0.6 is 11.8 Å². The number of likely N-dealkylation sites (N-methyl/N-ethyl adjacent to an activating group) is 1. The molecule has 1 heterocycles. The van der Waals surface area contributed by atoms with Crippen molar-refractivity contribution in [3.8, 4) is 0 Å². The van der Waals surface area contributed by atoms with Crippen LogP contribution in [0.25, 0.3) is 0 Å². The summed E-state index contributed by atoms with van der Waals surface area (Å²) in [4.78, 5) is 13.5. The molecule has 1 saturated heterocycles. The van der Waals surface area contributed by atoms with Crippen LogP contribution in [0.1, 0.15) is 13.3 Å². The molecule has 1 unspecified atom stereocenters. The first-order valence-electron chi connectivity index (χ1n) is 4.77. The van der Waals surface area contributed by atoms with E-state index in [2.05, 4.69) is 12.2 Å². The van der Waals surface area contributed by atoms with Gasteiger partial charge in [0, 0.05) is 37.1 Å². The van der Waals surface area contributed by atoms with Gasteiger partial charge in [0.1, 0.15) is 0 Å². The van der Waals surface area contributed by atoms with E-state index in [4.69, 9.17) is 0 Å². The number of hydrogen-bond acceptors (Lipinski definition) is 3. The number of hydrogen-bond donors (Lipinski definition) is 1. The van der Waals surface area contributed by atoms with E-state index in [1.54, 1.807) is 0 Å². The number of carbonyl (C=O) groups excluding carboxylic acids is 1. The maximum absolute atomic E-state index is 11.6. The Morgan fingerprint density at radius 1 is 1.62 bits per heavy atom. The molecule has 0 aromatic carbocycles. The second kappa shape index (κ2) is 5.50. The van der Waals surface area contributed by atoms with E-state index >= 15 is 0 Å². The zero-order chi connectivity index (χ0) is 9.68. The lowest BCUT2D eigenvalue weighted by Crippen LogP contribution is -2.41.